The van der Waals surface area contributed by atoms with Crippen molar-refractivity contribution >= 4 is 28.5 Å². The SMILES string of the molecule is COc1ccc(C=NNC(=O)c2sc(N)c(C#N)c2C)cc1. The fourth-order valence-electron chi connectivity index (χ4n) is 1.80. The topological polar surface area (TPSA) is 100 Å². The van der Waals surface area contributed by atoms with Crippen molar-refractivity contribution in [2.75, 3.05) is 12.8 Å². The molecule has 0 aliphatic heterocycles. The molecule has 1 amide bonds. The number of ether oxygens (including phenoxy) is 1. The first-order valence-corrected chi connectivity index (χ1v) is 7.15. The van der Waals surface area contributed by atoms with Crippen molar-refractivity contribution in [2.45, 2.75) is 6.92 Å². The molecule has 0 radical (unpaired) electrons. The van der Waals surface area contributed by atoms with Gasteiger partial charge in [-0.2, -0.15) is 10.4 Å². The Morgan fingerprint density at radius 2 is 2.14 bits per heavy atom. The van der Waals surface area contributed by atoms with Gasteiger partial charge in [0.2, 0.25) is 0 Å². The van der Waals surface area contributed by atoms with Crippen molar-refractivity contribution in [3.63, 3.8) is 0 Å². The van der Waals surface area contributed by atoms with Gasteiger partial charge in [-0.25, -0.2) is 5.43 Å². The number of nitrogens with two attached hydrogens (primary N) is 1. The summed E-state index contributed by atoms with van der Waals surface area (Å²) in [5, 5.41) is 13.2. The van der Waals surface area contributed by atoms with Gasteiger partial charge in [-0.05, 0) is 42.3 Å². The lowest BCUT2D eigenvalue weighted by molar-refractivity contribution is 0.0958. The van der Waals surface area contributed by atoms with Crippen LogP contribution < -0.4 is 15.9 Å². The Hall–Kier alpha value is -2.85. The monoisotopic (exact) mass is 314 g/mol. The van der Waals surface area contributed by atoms with Gasteiger partial charge in [-0.1, -0.05) is 0 Å². The normalized spacial score (nSPS) is 10.4. The summed E-state index contributed by atoms with van der Waals surface area (Å²) in [7, 11) is 1.59. The van der Waals surface area contributed by atoms with Crippen LogP contribution in [0.3, 0.4) is 0 Å². The standard InChI is InChI=1S/C15H14N4O2S/c1-9-12(7-16)14(17)22-13(9)15(20)19-18-8-10-3-5-11(21-2)6-4-10/h3-6,8H,17H2,1-2H3,(H,19,20). The fourth-order valence-corrected chi connectivity index (χ4v) is 2.71. The zero-order chi connectivity index (χ0) is 16.1. The predicted octanol–water partition coefficient (Wildman–Crippen LogP) is 2.28. The molecule has 22 heavy (non-hydrogen) atoms. The van der Waals surface area contributed by atoms with Gasteiger partial charge in [-0.15, -0.1) is 11.3 Å². The maximum atomic E-state index is 12.0. The Kier molecular flexibility index (Phi) is 4.76. The van der Waals surface area contributed by atoms with E-state index in [2.05, 4.69) is 10.5 Å². The summed E-state index contributed by atoms with van der Waals surface area (Å²) < 4.78 is 5.06. The molecule has 0 atom stereocenters. The van der Waals surface area contributed by atoms with Crippen LogP contribution in [0, 0.1) is 18.3 Å². The molecule has 2 aromatic rings. The number of hydrazone groups is 1. The Morgan fingerprint density at radius 3 is 2.68 bits per heavy atom. The van der Waals surface area contributed by atoms with Crippen molar-refractivity contribution in [1.82, 2.24) is 5.43 Å². The van der Waals surface area contributed by atoms with Gasteiger partial charge in [0.25, 0.3) is 5.91 Å². The van der Waals surface area contributed by atoms with Crippen molar-refractivity contribution in [3.8, 4) is 11.8 Å². The van der Waals surface area contributed by atoms with E-state index < -0.39 is 0 Å². The average Bonchev–Trinajstić information content (AvgIpc) is 2.82. The average molecular weight is 314 g/mol. The van der Waals surface area contributed by atoms with Gasteiger partial charge >= 0.3 is 0 Å². The number of nitrogens with one attached hydrogen (secondary N) is 1. The zero-order valence-corrected chi connectivity index (χ0v) is 12.9. The lowest BCUT2D eigenvalue weighted by atomic mass is 10.2. The number of carbonyl (C=O) groups is 1. The lowest BCUT2D eigenvalue weighted by Gasteiger charge is -2.00. The third-order valence-corrected chi connectivity index (χ3v) is 4.11. The summed E-state index contributed by atoms with van der Waals surface area (Å²) in [5.74, 6) is 0.357. The van der Waals surface area contributed by atoms with Gasteiger partial charge in [0.1, 0.15) is 21.7 Å². The van der Waals surface area contributed by atoms with Crippen LogP contribution in [0.25, 0.3) is 0 Å². The summed E-state index contributed by atoms with van der Waals surface area (Å²) in [4.78, 5) is 12.4. The summed E-state index contributed by atoms with van der Waals surface area (Å²) in [5.41, 5.74) is 9.86. The Labute approximate surface area is 131 Å². The van der Waals surface area contributed by atoms with Crippen molar-refractivity contribution in [1.29, 1.82) is 5.26 Å². The molecule has 0 aliphatic rings. The number of anilines is 1. The molecule has 2 rings (SSSR count). The van der Waals surface area contributed by atoms with Gasteiger partial charge in [0.05, 0.1) is 18.9 Å². The lowest BCUT2D eigenvalue weighted by Crippen LogP contribution is -2.17. The number of methoxy groups -OCH3 is 1. The second-order valence-corrected chi connectivity index (χ2v) is 5.43. The van der Waals surface area contributed by atoms with Crippen LogP contribution in [0.2, 0.25) is 0 Å². The van der Waals surface area contributed by atoms with Gasteiger partial charge in [0.15, 0.2) is 0 Å². The number of hydrogen-bond acceptors (Lipinski definition) is 6. The quantitative estimate of drug-likeness (QED) is 0.668. The van der Waals surface area contributed by atoms with E-state index in [9.17, 15) is 4.79 Å². The highest BCUT2D eigenvalue weighted by Crippen LogP contribution is 2.29. The number of rotatable bonds is 4. The minimum absolute atomic E-state index is 0.337. The van der Waals surface area contributed by atoms with E-state index in [0.29, 0.717) is 21.0 Å². The summed E-state index contributed by atoms with van der Waals surface area (Å²) in [6.07, 6.45) is 1.52. The Morgan fingerprint density at radius 1 is 1.45 bits per heavy atom. The maximum Gasteiger partial charge on any atom is 0.281 e. The van der Waals surface area contributed by atoms with E-state index >= 15 is 0 Å². The van der Waals surface area contributed by atoms with Gasteiger partial charge in [0, 0.05) is 0 Å². The maximum absolute atomic E-state index is 12.0. The van der Waals surface area contributed by atoms with E-state index in [0.717, 1.165) is 22.6 Å². The Bertz CT molecular complexity index is 757. The van der Waals surface area contributed by atoms with Gasteiger partial charge in [-0.3, -0.25) is 4.79 Å². The predicted molar refractivity (Wildman–Crippen MR) is 86.2 cm³/mol. The molecule has 3 N–H and O–H groups in total. The van der Waals surface area contributed by atoms with E-state index in [1.807, 2.05) is 18.2 Å². The zero-order valence-electron chi connectivity index (χ0n) is 12.1. The number of benzene rings is 1. The molecule has 0 fully saturated rings. The highest BCUT2D eigenvalue weighted by atomic mass is 32.1. The fraction of sp³-hybridized carbons (Fsp3) is 0.133. The second kappa shape index (κ2) is 6.74. The van der Waals surface area contributed by atoms with Crippen molar-refractivity contribution < 1.29 is 9.53 Å². The summed E-state index contributed by atoms with van der Waals surface area (Å²) in [6, 6.07) is 9.22. The molecule has 0 unspecified atom stereocenters. The van der Waals surface area contributed by atoms with Crippen LogP contribution in [0.1, 0.15) is 26.4 Å². The third kappa shape index (κ3) is 3.24. The first kappa shape index (κ1) is 15.5. The smallest absolute Gasteiger partial charge is 0.281 e. The molecular formula is C15H14N4O2S. The number of hydrogen-bond donors (Lipinski definition) is 2. The van der Waals surface area contributed by atoms with Crippen LogP contribution in [-0.4, -0.2) is 19.2 Å². The van der Waals surface area contributed by atoms with Crippen LogP contribution in [-0.2, 0) is 0 Å². The number of nitrogen functional groups attached to an aromatic ring is 1. The molecule has 1 aromatic carbocycles. The van der Waals surface area contributed by atoms with E-state index in [1.54, 1.807) is 26.2 Å². The number of nitriles is 1. The molecular weight excluding hydrogens is 300 g/mol. The van der Waals surface area contributed by atoms with E-state index in [-0.39, 0.29) is 5.91 Å². The van der Waals surface area contributed by atoms with Crippen molar-refractivity contribution in [2.24, 2.45) is 5.10 Å². The van der Waals surface area contributed by atoms with E-state index in [1.165, 1.54) is 6.21 Å². The first-order chi connectivity index (χ1) is 10.6. The molecule has 112 valence electrons. The first-order valence-electron chi connectivity index (χ1n) is 6.33. The molecule has 0 bridgehead atoms. The molecule has 7 heteroatoms. The molecule has 0 aliphatic carbocycles. The number of thiophene rings is 1. The number of carbonyl (C=O) groups excluding carboxylic acids is 1. The van der Waals surface area contributed by atoms with Gasteiger partial charge < -0.3 is 10.5 Å². The molecule has 0 saturated carbocycles. The number of amides is 1. The van der Waals surface area contributed by atoms with E-state index in [4.69, 9.17) is 15.7 Å². The second-order valence-electron chi connectivity index (χ2n) is 4.38. The van der Waals surface area contributed by atoms with Crippen molar-refractivity contribution in [3.05, 3.63) is 45.8 Å². The van der Waals surface area contributed by atoms with Crippen LogP contribution >= 0.6 is 11.3 Å². The highest BCUT2D eigenvalue weighted by Gasteiger charge is 2.17. The minimum Gasteiger partial charge on any atom is -0.497 e. The molecule has 1 aromatic heterocycles. The summed E-state index contributed by atoms with van der Waals surface area (Å²) in [6.45, 7) is 1.69. The highest BCUT2D eigenvalue weighted by molar-refractivity contribution is 7.18. The largest absolute Gasteiger partial charge is 0.497 e. The molecule has 6 nitrogen and oxygen atoms in total. The number of nitrogens with zero attached hydrogens (tertiary/aromatic N) is 2. The van der Waals surface area contributed by atoms with Crippen LogP contribution in [0.15, 0.2) is 29.4 Å². The minimum atomic E-state index is -0.388. The molecule has 1 heterocycles. The van der Waals surface area contributed by atoms with Crippen LogP contribution in [0.5, 0.6) is 5.75 Å². The molecule has 0 spiro atoms. The summed E-state index contributed by atoms with van der Waals surface area (Å²) >= 11 is 1.08. The molecule has 0 saturated heterocycles. The third-order valence-electron chi connectivity index (χ3n) is 2.99. The van der Waals surface area contributed by atoms with Crippen LogP contribution in [0.4, 0.5) is 5.00 Å². The Balaban J connectivity index is 2.06.